The average molecular weight is 280 g/mol. The molecule has 4 heteroatoms. The Balaban J connectivity index is 2.87. The molecule has 0 fully saturated rings. The molecule has 0 aromatic heterocycles. The van der Waals surface area contributed by atoms with E-state index in [1.807, 2.05) is 5.32 Å². The normalized spacial score (nSPS) is 29.5. The lowest BCUT2D eigenvalue weighted by Crippen LogP contribution is -2.35. The number of aliphatic hydroxyl groups is 1. The van der Waals surface area contributed by atoms with Crippen molar-refractivity contribution in [1.29, 1.82) is 0 Å². The summed E-state index contributed by atoms with van der Waals surface area (Å²) in [5, 5.41) is 12.0. The smallest absolute Gasteiger partial charge is 0.119 e. The van der Waals surface area contributed by atoms with E-state index in [9.17, 15) is 5.11 Å². The first-order valence-corrected chi connectivity index (χ1v) is 5.43. The van der Waals surface area contributed by atoms with Crippen molar-refractivity contribution in [1.82, 2.24) is 5.32 Å². The molecule has 0 amide bonds. The summed E-state index contributed by atoms with van der Waals surface area (Å²) < 4.78 is 107. The van der Waals surface area contributed by atoms with E-state index in [1.54, 1.807) is 0 Å². The van der Waals surface area contributed by atoms with Gasteiger partial charge in [-0.15, -0.1) is 0 Å². The molecule has 0 saturated heterocycles. The van der Waals surface area contributed by atoms with Gasteiger partial charge in [0.25, 0.3) is 0 Å². The number of nitrogens with one attached hydrogen (secondary N) is 1. The van der Waals surface area contributed by atoms with Crippen LogP contribution in [0.2, 0.25) is 0 Å². The summed E-state index contributed by atoms with van der Waals surface area (Å²) in [6, 6.07) is 2.19. The van der Waals surface area contributed by atoms with Gasteiger partial charge in [0.2, 0.25) is 0 Å². The summed E-state index contributed by atoms with van der Waals surface area (Å²) >= 11 is 0. The highest BCUT2D eigenvalue weighted by molar-refractivity contribution is 5.27. The van der Waals surface area contributed by atoms with Gasteiger partial charge in [0, 0.05) is 30.5 Å². The second-order valence-electron chi connectivity index (χ2n) is 3.57. The van der Waals surface area contributed by atoms with Crippen molar-refractivity contribution in [2.24, 2.45) is 0 Å². The summed E-state index contributed by atoms with van der Waals surface area (Å²) in [6.45, 7) is -8.49. The Morgan fingerprint density at radius 3 is 2.95 bits per heavy atom. The van der Waals surface area contributed by atoms with Gasteiger partial charge in [-0.25, -0.2) is 0 Å². The van der Waals surface area contributed by atoms with Crippen molar-refractivity contribution < 1.29 is 32.4 Å². The Kier molecular flexibility index (Phi) is 2.51. The monoisotopic (exact) mass is 280 g/mol. The Morgan fingerprint density at radius 2 is 2.26 bits per heavy atom. The van der Waals surface area contributed by atoms with Crippen molar-refractivity contribution in [3.8, 4) is 5.75 Å². The zero-order valence-electron chi connectivity index (χ0n) is 23.4. The van der Waals surface area contributed by atoms with Gasteiger partial charge >= 0.3 is 0 Å². The molecule has 0 spiro atoms. The minimum atomic E-state index is -3.19. The van der Waals surface area contributed by atoms with Crippen LogP contribution in [-0.2, 0) is 11.1 Å². The average Bonchev–Trinajstić information content (AvgIpc) is 2.55. The second-order valence-corrected chi connectivity index (χ2v) is 3.57. The molecular formula is C15H25NO3. The summed E-state index contributed by atoms with van der Waals surface area (Å²) in [6.07, 6.45) is -4.74. The van der Waals surface area contributed by atoms with Crippen molar-refractivity contribution in [2.75, 3.05) is 26.7 Å². The molecule has 1 rings (SSSR count). The van der Waals surface area contributed by atoms with E-state index < -0.39 is 52.0 Å². The van der Waals surface area contributed by atoms with E-state index in [1.165, 1.54) is 12.1 Å². The zero-order valence-corrected chi connectivity index (χ0v) is 10.4. The van der Waals surface area contributed by atoms with Gasteiger partial charge in [0.15, 0.2) is 0 Å². The molecule has 0 radical (unpaired) electrons. The summed E-state index contributed by atoms with van der Waals surface area (Å²) in [5.41, 5.74) is -0.265. The molecule has 0 aliphatic heterocycles. The first-order chi connectivity index (χ1) is 14.0. The Hall–Kier alpha value is -1.10. The van der Waals surface area contributed by atoms with Crippen LogP contribution in [0.25, 0.3) is 0 Å². The maximum absolute atomic E-state index is 10.1. The van der Waals surface area contributed by atoms with Crippen LogP contribution < -0.4 is 10.1 Å². The topological polar surface area (TPSA) is 50.7 Å². The van der Waals surface area contributed by atoms with Crippen LogP contribution in [0.4, 0.5) is 0 Å². The fourth-order valence-electron chi connectivity index (χ4n) is 1.13. The number of aryl methyl sites for hydroxylation is 1. The molecule has 19 heavy (non-hydrogen) atoms. The predicted octanol–water partition coefficient (Wildman–Crippen LogP) is 1.61. The van der Waals surface area contributed by atoms with Crippen LogP contribution in [0, 0.1) is 0 Å². The molecule has 2 unspecified atom stereocenters. The number of benzene rings is 1. The van der Waals surface area contributed by atoms with Crippen LogP contribution >= 0.6 is 0 Å². The lowest BCUT2D eigenvalue weighted by molar-refractivity contribution is 0.104. The largest absolute Gasteiger partial charge is 0.491 e. The fraction of sp³-hybridized carbons (Fsp3) is 0.600. The molecule has 1 aromatic carbocycles. The number of ether oxygens (including phenoxy) is 2. The Morgan fingerprint density at radius 1 is 1.47 bits per heavy atom. The maximum Gasteiger partial charge on any atom is 0.119 e. The molecule has 0 heterocycles. The molecule has 0 saturated carbocycles. The number of rotatable bonds is 9. The van der Waals surface area contributed by atoms with E-state index in [0.717, 1.165) is 19.1 Å². The first-order valence-electron chi connectivity index (χ1n) is 11.9. The standard InChI is InChI=1S/C15H25NO3/c1-12(2)16-10-14(17)11-19-15-6-4-13(5-7-15)8-9-18-3/h4-7,12,14,16-17H,8-11H2,1-3H3/i1D3,3D3,8D2,9D2,10D2,12D. The van der Waals surface area contributed by atoms with Crippen LogP contribution in [-0.4, -0.2) is 43.9 Å². The van der Waals surface area contributed by atoms with E-state index in [2.05, 4.69) is 4.74 Å². The van der Waals surface area contributed by atoms with E-state index in [0.29, 0.717) is 0 Å². The maximum atomic E-state index is 10.1. The molecule has 0 aliphatic rings. The highest BCUT2D eigenvalue weighted by Gasteiger charge is 2.05. The molecule has 4 nitrogen and oxygen atoms in total. The lowest BCUT2D eigenvalue weighted by Gasteiger charge is -2.15. The van der Waals surface area contributed by atoms with Gasteiger partial charge < -0.3 is 19.9 Å². The molecule has 2 atom stereocenters. The van der Waals surface area contributed by atoms with Crippen LogP contribution in [0.3, 0.4) is 0 Å². The third-order valence-electron chi connectivity index (χ3n) is 1.93. The van der Waals surface area contributed by atoms with Crippen molar-refractivity contribution >= 4 is 0 Å². The van der Waals surface area contributed by atoms with E-state index in [4.69, 9.17) is 22.6 Å². The molecule has 108 valence electrons. The second kappa shape index (κ2) is 8.91. The SMILES string of the molecule is [2H]C([2H])([2H])OC([2H])([2H])C([2H])([2H])c1ccc(OCC(O)C([2H])([2H])NC([2H])(C)C([2H])([2H])[2H])cc1. The minimum Gasteiger partial charge on any atom is -0.491 e. The van der Waals surface area contributed by atoms with Crippen LogP contribution in [0.15, 0.2) is 24.3 Å². The van der Waals surface area contributed by atoms with Gasteiger partial charge in [-0.1, -0.05) is 25.9 Å². The number of hydrogen-bond donors (Lipinski definition) is 2. The minimum absolute atomic E-state index is 0.0288. The Bertz CT molecular complexity index is 759. The quantitative estimate of drug-likeness (QED) is 0.721. The third kappa shape index (κ3) is 7.15. The molecular weight excluding hydrogens is 242 g/mol. The highest BCUT2D eigenvalue weighted by Crippen LogP contribution is 2.12. The predicted molar refractivity (Wildman–Crippen MR) is 76.7 cm³/mol. The molecule has 1 aromatic rings. The Labute approximate surface area is 134 Å². The summed E-state index contributed by atoms with van der Waals surface area (Å²) in [4.78, 5) is 0. The number of methoxy groups -OCH3 is 1. The lowest BCUT2D eigenvalue weighted by atomic mass is 10.1. The fourth-order valence-corrected chi connectivity index (χ4v) is 1.13. The number of aliphatic hydroxyl groups excluding tert-OH is 1. The summed E-state index contributed by atoms with van der Waals surface area (Å²) in [7, 11) is -3.17. The van der Waals surface area contributed by atoms with E-state index in [-0.39, 0.29) is 11.3 Å². The highest BCUT2D eigenvalue weighted by atomic mass is 16.5. The zero-order chi connectivity index (χ0) is 25.4. The molecule has 2 N–H and O–H groups in total. The van der Waals surface area contributed by atoms with Gasteiger partial charge in [0.05, 0.1) is 13.4 Å². The van der Waals surface area contributed by atoms with Gasteiger partial charge in [-0.3, -0.25) is 0 Å². The number of hydrogen-bond acceptors (Lipinski definition) is 4. The first kappa shape index (κ1) is 5.35. The van der Waals surface area contributed by atoms with Crippen LogP contribution in [0.1, 0.15) is 37.2 Å². The van der Waals surface area contributed by atoms with Gasteiger partial charge in [-0.05, 0) is 24.1 Å². The summed E-state index contributed by atoms with van der Waals surface area (Å²) in [5.74, 6) is 0.0288. The van der Waals surface area contributed by atoms with E-state index >= 15 is 0 Å². The third-order valence-corrected chi connectivity index (χ3v) is 1.93. The molecule has 0 aliphatic carbocycles. The molecule has 0 bridgehead atoms. The van der Waals surface area contributed by atoms with Crippen molar-refractivity contribution in [3.05, 3.63) is 29.8 Å². The van der Waals surface area contributed by atoms with Crippen molar-refractivity contribution in [3.63, 3.8) is 0 Å². The van der Waals surface area contributed by atoms with Gasteiger partial charge in [-0.2, -0.15) is 0 Å². The van der Waals surface area contributed by atoms with Crippen molar-refractivity contribution in [2.45, 2.75) is 32.3 Å². The van der Waals surface area contributed by atoms with Crippen LogP contribution in [0.5, 0.6) is 5.75 Å². The van der Waals surface area contributed by atoms with Gasteiger partial charge in [0.1, 0.15) is 18.5 Å².